The molecule has 2 aliphatic rings. The smallest absolute Gasteiger partial charge is 0.293 e. The summed E-state index contributed by atoms with van der Waals surface area (Å²) in [7, 11) is 0. The highest BCUT2D eigenvalue weighted by Crippen LogP contribution is 2.35. The highest BCUT2D eigenvalue weighted by Gasteiger charge is 2.36. The number of benzene rings is 2. The van der Waals surface area contributed by atoms with Gasteiger partial charge in [-0.3, -0.25) is 14.6 Å². The second-order valence-electron chi connectivity index (χ2n) is 7.81. The van der Waals surface area contributed by atoms with Crippen molar-refractivity contribution >= 4 is 23.0 Å². The average molecular weight is 419 g/mol. The monoisotopic (exact) mass is 419 g/mol. The number of piperidine rings is 1. The van der Waals surface area contributed by atoms with E-state index in [1.54, 1.807) is 29.2 Å². The van der Waals surface area contributed by atoms with Crippen molar-refractivity contribution in [2.75, 3.05) is 24.7 Å². The highest BCUT2D eigenvalue weighted by atomic mass is 19.4. The Balaban J connectivity index is 1.67. The molecule has 0 aromatic heterocycles. The summed E-state index contributed by atoms with van der Waals surface area (Å²) < 4.78 is 52.7. The van der Waals surface area contributed by atoms with Crippen molar-refractivity contribution in [2.45, 2.75) is 25.9 Å². The van der Waals surface area contributed by atoms with Gasteiger partial charge in [0, 0.05) is 18.7 Å². The lowest BCUT2D eigenvalue weighted by Gasteiger charge is -2.33. The molecule has 4 rings (SSSR count). The Hall–Kier alpha value is -2.74. The van der Waals surface area contributed by atoms with Crippen LogP contribution in [0, 0.1) is 11.7 Å². The number of aliphatic imine (C=N–C) groups is 1. The van der Waals surface area contributed by atoms with E-state index in [1.807, 2.05) is 0 Å². The minimum Gasteiger partial charge on any atom is -0.293 e. The highest BCUT2D eigenvalue weighted by molar-refractivity contribution is 6.54. The molecule has 0 aliphatic carbocycles. The number of hydrogen-bond acceptors (Lipinski definition) is 3. The maximum Gasteiger partial charge on any atom is 0.419 e. The number of fused-ring (bicyclic) bond motifs is 1. The molecule has 0 atom stereocenters. The lowest BCUT2D eigenvalue weighted by Crippen LogP contribution is -2.44. The molecule has 8 heteroatoms. The molecule has 0 N–H and O–H groups in total. The Labute approximate surface area is 171 Å². The molecular formula is C22H21F4N3O. The van der Waals surface area contributed by atoms with Gasteiger partial charge < -0.3 is 0 Å². The molecule has 0 radical (unpaired) electrons. The molecular weight excluding hydrogens is 398 g/mol. The SMILES string of the molecule is CC1CCN(CN2C(=O)C(=Nc3ccc(F)c(C(F)(F)F)c3)c3ccccc32)CC1. The molecule has 158 valence electrons. The number of para-hydroxylation sites is 1. The predicted octanol–water partition coefficient (Wildman–Crippen LogP) is 5.00. The van der Waals surface area contributed by atoms with Gasteiger partial charge in [-0.15, -0.1) is 0 Å². The molecule has 4 nitrogen and oxygen atoms in total. The van der Waals surface area contributed by atoms with Gasteiger partial charge >= 0.3 is 6.18 Å². The third kappa shape index (κ3) is 3.96. The molecule has 0 saturated carbocycles. The van der Waals surface area contributed by atoms with Crippen LogP contribution >= 0.6 is 0 Å². The van der Waals surface area contributed by atoms with Crippen LogP contribution in [-0.4, -0.2) is 36.3 Å². The number of likely N-dealkylation sites (tertiary alicyclic amines) is 1. The Kier molecular flexibility index (Phi) is 5.36. The fourth-order valence-corrected chi connectivity index (χ4v) is 3.84. The van der Waals surface area contributed by atoms with Crippen LogP contribution in [0.5, 0.6) is 0 Å². The van der Waals surface area contributed by atoms with Gasteiger partial charge in [0.25, 0.3) is 5.91 Å². The molecule has 1 fully saturated rings. The van der Waals surface area contributed by atoms with Gasteiger partial charge in [-0.05, 0) is 43.0 Å². The molecule has 1 amide bonds. The second-order valence-corrected chi connectivity index (χ2v) is 7.81. The molecule has 2 heterocycles. The molecule has 0 bridgehead atoms. The van der Waals surface area contributed by atoms with Crippen LogP contribution in [0.1, 0.15) is 30.9 Å². The van der Waals surface area contributed by atoms with Crippen molar-refractivity contribution in [3.8, 4) is 0 Å². The fourth-order valence-electron chi connectivity index (χ4n) is 3.84. The normalized spacial score (nSPS) is 19.6. The van der Waals surface area contributed by atoms with Gasteiger partial charge in [-0.25, -0.2) is 9.38 Å². The van der Waals surface area contributed by atoms with Gasteiger partial charge in [0.1, 0.15) is 11.5 Å². The van der Waals surface area contributed by atoms with Crippen LogP contribution in [-0.2, 0) is 11.0 Å². The van der Waals surface area contributed by atoms with Crippen LogP contribution in [0.25, 0.3) is 0 Å². The molecule has 0 unspecified atom stereocenters. The zero-order valence-corrected chi connectivity index (χ0v) is 16.4. The summed E-state index contributed by atoms with van der Waals surface area (Å²) >= 11 is 0. The number of hydrogen-bond donors (Lipinski definition) is 0. The standard InChI is InChI=1S/C22H21F4N3O/c1-14-8-10-28(11-9-14)13-29-19-5-3-2-4-16(19)20(21(29)30)27-15-6-7-18(23)17(12-15)22(24,25)26/h2-7,12,14H,8-11,13H2,1H3. The minimum absolute atomic E-state index is 0.0655. The lowest BCUT2D eigenvalue weighted by molar-refractivity contribution is -0.139. The van der Waals surface area contributed by atoms with Crippen molar-refractivity contribution in [2.24, 2.45) is 10.9 Å². The van der Waals surface area contributed by atoms with Crippen molar-refractivity contribution < 1.29 is 22.4 Å². The Morgan fingerprint density at radius 2 is 1.80 bits per heavy atom. The van der Waals surface area contributed by atoms with E-state index in [0.717, 1.165) is 38.1 Å². The second kappa shape index (κ2) is 7.83. The van der Waals surface area contributed by atoms with E-state index < -0.39 is 17.6 Å². The number of rotatable bonds is 3. The van der Waals surface area contributed by atoms with E-state index in [2.05, 4.69) is 16.8 Å². The Bertz CT molecular complexity index is 994. The summed E-state index contributed by atoms with van der Waals surface area (Å²) in [5, 5.41) is 0. The summed E-state index contributed by atoms with van der Waals surface area (Å²) in [5.41, 5.74) is -0.211. The molecule has 2 aromatic carbocycles. The molecule has 1 saturated heterocycles. The lowest BCUT2D eigenvalue weighted by atomic mass is 10.00. The number of carbonyl (C=O) groups excluding carboxylic acids is 1. The summed E-state index contributed by atoms with van der Waals surface area (Å²) in [6.07, 6.45) is -2.73. The first-order valence-electron chi connectivity index (χ1n) is 9.83. The minimum atomic E-state index is -4.84. The Morgan fingerprint density at radius 1 is 1.10 bits per heavy atom. The molecule has 30 heavy (non-hydrogen) atoms. The molecule has 2 aromatic rings. The van der Waals surface area contributed by atoms with E-state index in [9.17, 15) is 22.4 Å². The summed E-state index contributed by atoms with van der Waals surface area (Å²) in [6, 6.07) is 9.57. The first-order chi connectivity index (χ1) is 14.2. The van der Waals surface area contributed by atoms with E-state index in [0.29, 0.717) is 29.9 Å². The number of carbonyl (C=O) groups is 1. The topological polar surface area (TPSA) is 35.9 Å². The van der Waals surface area contributed by atoms with Crippen LogP contribution < -0.4 is 4.90 Å². The number of halogens is 4. The average Bonchev–Trinajstić information content (AvgIpc) is 2.96. The van der Waals surface area contributed by atoms with E-state index in [1.165, 1.54) is 0 Å². The van der Waals surface area contributed by atoms with Crippen molar-refractivity contribution in [1.29, 1.82) is 0 Å². The third-order valence-electron chi connectivity index (χ3n) is 5.61. The van der Waals surface area contributed by atoms with Gasteiger partial charge in [0.2, 0.25) is 0 Å². The largest absolute Gasteiger partial charge is 0.419 e. The summed E-state index contributed by atoms with van der Waals surface area (Å²) in [5.74, 6) is -1.08. The van der Waals surface area contributed by atoms with Crippen LogP contribution in [0.3, 0.4) is 0 Å². The van der Waals surface area contributed by atoms with Crippen LogP contribution in [0.15, 0.2) is 47.5 Å². The third-order valence-corrected chi connectivity index (χ3v) is 5.61. The van der Waals surface area contributed by atoms with Crippen LogP contribution in [0.2, 0.25) is 0 Å². The van der Waals surface area contributed by atoms with Crippen molar-refractivity contribution in [3.05, 3.63) is 59.4 Å². The van der Waals surface area contributed by atoms with Gasteiger partial charge in [-0.2, -0.15) is 13.2 Å². The number of nitrogens with zero attached hydrogens (tertiary/aromatic N) is 3. The van der Waals surface area contributed by atoms with Crippen molar-refractivity contribution in [3.63, 3.8) is 0 Å². The van der Waals surface area contributed by atoms with Gasteiger partial charge in [0.05, 0.1) is 23.6 Å². The number of alkyl halides is 3. The number of amides is 1. The predicted molar refractivity (Wildman–Crippen MR) is 106 cm³/mol. The van der Waals surface area contributed by atoms with E-state index in [-0.39, 0.29) is 17.3 Å². The maximum atomic E-state index is 13.6. The van der Waals surface area contributed by atoms with Gasteiger partial charge in [0.15, 0.2) is 0 Å². The molecule has 0 spiro atoms. The van der Waals surface area contributed by atoms with E-state index >= 15 is 0 Å². The summed E-state index contributed by atoms with van der Waals surface area (Å²) in [6.45, 7) is 4.37. The number of anilines is 1. The quantitative estimate of drug-likeness (QED) is 0.657. The maximum absolute atomic E-state index is 13.6. The van der Waals surface area contributed by atoms with Crippen molar-refractivity contribution in [1.82, 2.24) is 4.90 Å². The van der Waals surface area contributed by atoms with E-state index in [4.69, 9.17) is 0 Å². The molecule has 2 aliphatic heterocycles. The van der Waals surface area contributed by atoms with Gasteiger partial charge in [-0.1, -0.05) is 25.1 Å². The first kappa shape index (κ1) is 20.5. The summed E-state index contributed by atoms with van der Waals surface area (Å²) in [4.78, 5) is 21.1. The van der Waals surface area contributed by atoms with Crippen LogP contribution in [0.4, 0.5) is 28.9 Å². The zero-order valence-electron chi connectivity index (χ0n) is 16.4. The first-order valence-corrected chi connectivity index (χ1v) is 9.83. The zero-order chi connectivity index (χ0) is 21.5. The fraction of sp³-hybridized carbons (Fsp3) is 0.364. The Morgan fingerprint density at radius 3 is 2.50 bits per heavy atom.